The highest BCUT2D eigenvalue weighted by Crippen LogP contribution is 2.46. The number of nitrogens with zero attached hydrogens (tertiary/aromatic N) is 2. The van der Waals surface area contributed by atoms with E-state index < -0.39 is 5.54 Å². The van der Waals surface area contributed by atoms with Gasteiger partial charge in [0.2, 0.25) is 5.91 Å². The second-order valence-corrected chi connectivity index (χ2v) is 9.29. The Morgan fingerprint density at radius 2 is 1.88 bits per heavy atom. The maximum absolute atomic E-state index is 13.5. The number of amides is 2. The molecule has 172 valence electrons. The van der Waals surface area contributed by atoms with Crippen molar-refractivity contribution in [3.05, 3.63) is 63.8 Å². The molecule has 2 amide bonds. The number of rotatable bonds is 5. The van der Waals surface area contributed by atoms with Gasteiger partial charge in [-0.3, -0.25) is 14.5 Å². The molecule has 0 aliphatic carbocycles. The van der Waals surface area contributed by atoms with Crippen molar-refractivity contribution in [1.82, 2.24) is 15.1 Å². The quantitative estimate of drug-likeness (QED) is 0.574. The van der Waals surface area contributed by atoms with Crippen molar-refractivity contribution in [2.45, 2.75) is 12.5 Å². The molecule has 1 atom stereocenters. The van der Waals surface area contributed by atoms with Gasteiger partial charge in [0.15, 0.2) is 5.54 Å². The maximum atomic E-state index is 13.5. The van der Waals surface area contributed by atoms with E-state index in [0.717, 1.165) is 38.1 Å². The van der Waals surface area contributed by atoms with Gasteiger partial charge < -0.3 is 20.0 Å². The Hall–Kier alpha value is -2.58. The lowest BCUT2D eigenvalue weighted by molar-refractivity contribution is -0.129. The first-order valence-corrected chi connectivity index (χ1v) is 11.7. The highest BCUT2D eigenvalue weighted by molar-refractivity contribution is 6.37. The third-order valence-corrected chi connectivity index (χ3v) is 7.03. The van der Waals surface area contributed by atoms with Crippen LogP contribution in [0.15, 0.2) is 47.1 Å². The molecule has 2 aliphatic heterocycles. The fourth-order valence-corrected chi connectivity index (χ4v) is 5.40. The molecule has 0 spiro atoms. The van der Waals surface area contributed by atoms with Crippen LogP contribution in [0.5, 0.6) is 0 Å². The van der Waals surface area contributed by atoms with Gasteiger partial charge >= 0.3 is 0 Å². The summed E-state index contributed by atoms with van der Waals surface area (Å²) < 4.78 is 5.46. The van der Waals surface area contributed by atoms with E-state index in [0.29, 0.717) is 32.4 Å². The average Bonchev–Trinajstić information content (AvgIpc) is 3.36. The van der Waals surface area contributed by atoms with E-state index in [1.54, 1.807) is 30.5 Å². The molecular weight excluding hydrogens is 463 g/mol. The van der Waals surface area contributed by atoms with E-state index in [-0.39, 0.29) is 18.4 Å². The summed E-state index contributed by atoms with van der Waals surface area (Å²) in [5.41, 5.74) is 0.785. The molecule has 0 bridgehead atoms. The summed E-state index contributed by atoms with van der Waals surface area (Å²) >= 11 is 12.8. The molecule has 9 heteroatoms. The number of carbonyl (C=O) groups is 2. The second kappa shape index (κ2) is 8.65. The molecule has 2 N–H and O–H groups in total. The lowest BCUT2D eigenvalue weighted by Crippen LogP contribution is -2.55. The van der Waals surface area contributed by atoms with Gasteiger partial charge in [0.05, 0.1) is 23.5 Å². The smallest absolute Gasteiger partial charge is 0.259 e. The van der Waals surface area contributed by atoms with Crippen molar-refractivity contribution in [2.24, 2.45) is 0 Å². The van der Waals surface area contributed by atoms with Crippen molar-refractivity contribution >= 4 is 51.7 Å². The van der Waals surface area contributed by atoms with Crippen LogP contribution in [0.2, 0.25) is 10.0 Å². The molecule has 3 heterocycles. The average molecular weight is 487 g/mol. The van der Waals surface area contributed by atoms with Crippen molar-refractivity contribution in [1.29, 1.82) is 0 Å². The Balaban J connectivity index is 1.54. The minimum absolute atomic E-state index is 0.196. The summed E-state index contributed by atoms with van der Waals surface area (Å²) in [6.07, 6.45) is 1.59. The fourth-order valence-electron chi connectivity index (χ4n) is 4.77. The first kappa shape index (κ1) is 22.2. The van der Waals surface area contributed by atoms with Crippen LogP contribution in [0, 0.1) is 0 Å². The standard InChI is InChI=1S/C24H24Cl2N4O3/c1-2-29-6-8-30(9-7-29)14-21(31)28-24(16-3-4-20-15(11-16)5-10-33-20)22-18(26)12-17(25)13-19(22)27-23(24)32/h3-5,10-13H,2,6-9,14H2,1H3,(H,27,32)(H,28,31). The van der Waals surface area contributed by atoms with Gasteiger partial charge in [-0.2, -0.15) is 0 Å². The zero-order chi connectivity index (χ0) is 23.2. The minimum atomic E-state index is -1.48. The van der Waals surface area contributed by atoms with Gasteiger partial charge in [0, 0.05) is 42.2 Å². The largest absolute Gasteiger partial charge is 0.464 e. The number of hydrogen-bond donors (Lipinski definition) is 2. The number of piperazine rings is 1. The molecule has 1 aromatic heterocycles. The summed E-state index contributed by atoms with van der Waals surface area (Å²) in [7, 11) is 0. The molecule has 1 saturated heterocycles. The van der Waals surface area contributed by atoms with E-state index in [4.69, 9.17) is 27.6 Å². The number of fused-ring (bicyclic) bond motifs is 2. The maximum Gasteiger partial charge on any atom is 0.259 e. The first-order chi connectivity index (χ1) is 15.9. The SMILES string of the molecule is CCN1CCN(CC(=O)NC2(c3ccc4occc4c3)C(=O)Nc3cc(Cl)cc(Cl)c32)CC1. The molecule has 2 aliphatic rings. The summed E-state index contributed by atoms with van der Waals surface area (Å²) in [6, 6.07) is 10.5. The molecule has 33 heavy (non-hydrogen) atoms. The van der Waals surface area contributed by atoms with Crippen LogP contribution >= 0.6 is 23.2 Å². The number of carbonyl (C=O) groups excluding carboxylic acids is 2. The van der Waals surface area contributed by atoms with Crippen LogP contribution in [0.3, 0.4) is 0 Å². The van der Waals surface area contributed by atoms with Crippen LogP contribution in [0.25, 0.3) is 11.0 Å². The van der Waals surface area contributed by atoms with E-state index in [1.165, 1.54) is 0 Å². The Labute approximate surface area is 201 Å². The lowest BCUT2D eigenvalue weighted by atomic mass is 9.83. The fraction of sp³-hybridized carbons (Fsp3) is 0.333. The predicted octanol–water partition coefficient (Wildman–Crippen LogP) is 3.69. The number of furan rings is 1. The normalized spacial score (nSPS) is 21.2. The van der Waals surface area contributed by atoms with Gasteiger partial charge in [-0.25, -0.2) is 0 Å². The van der Waals surface area contributed by atoms with Gasteiger partial charge in [-0.1, -0.05) is 36.2 Å². The van der Waals surface area contributed by atoms with E-state index >= 15 is 0 Å². The first-order valence-electron chi connectivity index (χ1n) is 10.9. The number of nitrogens with one attached hydrogen (secondary N) is 2. The molecule has 3 aromatic rings. The Morgan fingerprint density at radius 3 is 2.64 bits per heavy atom. The van der Waals surface area contributed by atoms with Crippen LogP contribution in [-0.4, -0.2) is 60.9 Å². The number of benzene rings is 2. The Bertz CT molecular complexity index is 1240. The van der Waals surface area contributed by atoms with Crippen LogP contribution in [0.4, 0.5) is 5.69 Å². The van der Waals surface area contributed by atoms with Crippen LogP contribution in [-0.2, 0) is 15.1 Å². The summed E-state index contributed by atoms with van der Waals surface area (Å²) in [4.78, 5) is 31.3. The van der Waals surface area contributed by atoms with E-state index in [9.17, 15) is 9.59 Å². The van der Waals surface area contributed by atoms with Gasteiger partial charge in [-0.15, -0.1) is 0 Å². The molecule has 1 fully saturated rings. The van der Waals surface area contributed by atoms with Crippen molar-refractivity contribution in [2.75, 3.05) is 44.6 Å². The molecule has 0 saturated carbocycles. The molecule has 1 unspecified atom stereocenters. The number of hydrogen-bond acceptors (Lipinski definition) is 5. The zero-order valence-corrected chi connectivity index (χ0v) is 19.7. The summed E-state index contributed by atoms with van der Waals surface area (Å²) in [5, 5.41) is 7.44. The van der Waals surface area contributed by atoms with Crippen molar-refractivity contribution < 1.29 is 14.0 Å². The third kappa shape index (κ3) is 3.89. The number of likely N-dealkylation sites (N-methyl/N-ethyl adjacent to an activating group) is 1. The topological polar surface area (TPSA) is 77.8 Å². The second-order valence-electron chi connectivity index (χ2n) is 8.45. The van der Waals surface area contributed by atoms with E-state index in [1.807, 2.05) is 12.1 Å². The monoisotopic (exact) mass is 486 g/mol. The van der Waals surface area contributed by atoms with Crippen molar-refractivity contribution in [3.63, 3.8) is 0 Å². The zero-order valence-electron chi connectivity index (χ0n) is 18.2. The third-order valence-electron chi connectivity index (χ3n) is 6.51. The Morgan fingerprint density at radius 1 is 1.12 bits per heavy atom. The lowest BCUT2D eigenvalue weighted by Gasteiger charge is -2.35. The summed E-state index contributed by atoms with van der Waals surface area (Å²) in [5.74, 6) is -0.630. The molecule has 7 nitrogen and oxygen atoms in total. The van der Waals surface area contributed by atoms with Crippen LogP contribution in [0.1, 0.15) is 18.1 Å². The highest BCUT2D eigenvalue weighted by atomic mass is 35.5. The van der Waals surface area contributed by atoms with Crippen LogP contribution < -0.4 is 10.6 Å². The van der Waals surface area contributed by atoms with Crippen molar-refractivity contribution in [3.8, 4) is 0 Å². The molecular formula is C24H24Cl2N4O3. The number of anilines is 1. The molecule has 5 rings (SSSR count). The van der Waals surface area contributed by atoms with Gasteiger partial charge in [-0.05, 0) is 42.4 Å². The van der Waals surface area contributed by atoms with Gasteiger partial charge in [0.1, 0.15) is 5.58 Å². The number of halogens is 2. The highest BCUT2D eigenvalue weighted by Gasteiger charge is 2.51. The molecule has 2 aromatic carbocycles. The predicted molar refractivity (Wildman–Crippen MR) is 129 cm³/mol. The molecule has 0 radical (unpaired) electrons. The van der Waals surface area contributed by atoms with Gasteiger partial charge in [0.25, 0.3) is 5.91 Å². The van der Waals surface area contributed by atoms with E-state index in [2.05, 4.69) is 27.4 Å². The Kier molecular flexibility index (Phi) is 5.82. The summed E-state index contributed by atoms with van der Waals surface area (Å²) in [6.45, 7) is 6.76. The minimum Gasteiger partial charge on any atom is -0.464 e.